The molecule has 8 heteroatoms. The fourth-order valence-corrected chi connectivity index (χ4v) is 6.01. The van der Waals surface area contributed by atoms with Crippen LogP contribution in [0, 0.1) is 0 Å². The SMILES string of the molecule is CC/C=C/C=C/C=C/C=C/CCCCCCCC(=O)OCC(COCCC(C(=O)O)[N+](C)(C)C)OC(=O)CCCCCCCCC/C=C/C/C=C/CCCCC. The van der Waals surface area contributed by atoms with Gasteiger partial charge in [-0.3, -0.25) is 9.59 Å². The number of likely N-dealkylation sites (N-methyl/N-ethyl adjacent to an activating group) is 1. The number of esters is 2. The van der Waals surface area contributed by atoms with Crippen molar-refractivity contribution in [2.75, 3.05) is 41.0 Å². The van der Waals surface area contributed by atoms with Crippen molar-refractivity contribution >= 4 is 17.9 Å². The highest BCUT2D eigenvalue weighted by Crippen LogP contribution is 2.13. The molecule has 8 nitrogen and oxygen atoms in total. The smallest absolute Gasteiger partial charge is 0.362 e. The zero-order valence-corrected chi connectivity index (χ0v) is 36.3. The largest absolute Gasteiger partial charge is 0.477 e. The summed E-state index contributed by atoms with van der Waals surface area (Å²) in [6.07, 6.45) is 47.9. The van der Waals surface area contributed by atoms with Crippen LogP contribution in [0.15, 0.2) is 72.9 Å². The summed E-state index contributed by atoms with van der Waals surface area (Å²) in [6.45, 7) is 4.53. The van der Waals surface area contributed by atoms with Crippen LogP contribution in [-0.2, 0) is 28.6 Å². The van der Waals surface area contributed by atoms with Gasteiger partial charge >= 0.3 is 17.9 Å². The van der Waals surface area contributed by atoms with E-state index < -0.39 is 18.1 Å². The minimum atomic E-state index is -0.883. The molecule has 0 aromatic rings. The van der Waals surface area contributed by atoms with Gasteiger partial charge < -0.3 is 23.8 Å². The fraction of sp³-hybridized carbons (Fsp3) is 0.688. The van der Waals surface area contributed by atoms with E-state index in [1.54, 1.807) is 0 Å². The van der Waals surface area contributed by atoms with Crippen LogP contribution < -0.4 is 0 Å². The van der Waals surface area contributed by atoms with E-state index >= 15 is 0 Å². The molecule has 0 aliphatic rings. The number of hydrogen-bond acceptors (Lipinski definition) is 6. The third kappa shape index (κ3) is 36.4. The Morgan fingerprint density at radius 3 is 1.62 bits per heavy atom. The number of allylic oxidation sites excluding steroid dienone is 12. The number of carboxylic acids is 1. The second kappa shape index (κ2) is 38.6. The quantitative estimate of drug-likeness (QED) is 0.0219. The summed E-state index contributed by atoms with van der Waals surface area (Å²) in [6, 6.07) is -0.623. The van der Waals surface area contributed by atoms with Crippen molar-refractivity contribution in [2.24, 2.45) is 0 Å². The lowest BCUT2D eigenvalue weighted by atomic mass is 10.1. The van der Waals surface area contributed by atoms with Gasteiger partial charge in [-0.1, -0.05) is 151 Å². The Morgan fingerprint density at radius 1 is 0.571 bits per heavy atom. The first-order chi connectivity index (χ1) is 27.1. The Hall–Kier alpha value is -3.23. The van der Waals surface area contributed by atoms with Gasteiger partial charge in [0.05, 0.1) is 34.4 Å². The first-order valence-electron chi connectivity index (χ1n) is 22.0. The van der Waals surface area contributed by atoms with Gasteiger partial charge in [0, 0.05) is 19.3 Å². The fourth-order valence-electron chi connectivity index (χ4n) is 6.01. The molecule has 0 bridgehead atoms. The van der Waals surface area contributed by atoms with Gasteiger partial charge in [0.2, 0.25) is 0 Å². The van der Waals surface area contributed by atoms with Crippen molar-refractivity contribution < 1.29 is 38.2 Å². The molecule has 0 fully saturated rings. The molecule has 0 amide bonds. The van der Waals surface area contributed by atoms with Gasteiger partial charge in [-0.15, -0.1) is 0 Å². The van der Waals surface area contributed by atoms with E-state index in [0.717, 1.165) is 77.0 Å². The Morgan fingerprint density at radius 2 is 1.07 bits per heavy atom. The molecule has 0 saturated heterocycles. The Balaban J connectivity index is 4.41. The third-order valence-electron chi connectivity index (χ3n) is 9.43. The maximum atomic E-state index is 12.7. The molecule has 0 aromatic carbocycles. The van der Waals surface area contributed by atoms with Crippen molar-refractivity contribution in [3.05, 3.63) is 72.9 Å². The monoisotopic (exact) mass is 785 g/mol. The molecular formula is C48H82NO7+. The predicted octanol–water partition coefficient (Wildman–Crippen LogP) is 12.0. The maximum absolute atomic E-state index is 12.7. The minimum Gasteiger partial charge on any atom is -0.477 e. The van der Waals surface area contributed by atoms with Crippen molar-refractivity contribution in [1.82, 2.24) is 0 Å². The number of hydrogen-bond donors (Lipinski definition) is 1. The average molecular weight is 785 g/mol. The Labute approximate surface area is 342 Å². The maximum Gasteiger partial charge on any atom is 0.362 e. The molecule has 2 atom stereocenters. The van der Waals surface area contributed by atoms with Gasteiger partial charge in [0.1, 0.15) is 6.61 Å². The zero-order valence-electron chi connectivity index (χ0n) is 36.3. The predicted molar refractivity (Wildman–Crippen MR) is 233 cm³/mol. The summed E-state index contributed by atoms with van der Waals surface area (Å²) in [4.78, 5) is 37.0. The number of ether oxygens (including phenoxy) is 3. The second-order valence-corrected chi connectivity index (χ2v) is 15.7. The highest BCUT2D eigenvalue weighted by molar-refractivity contribution is 5.72. The molecular weight excluding hydrogens is 703 g/mol. The zero-order chi connectivity index (χ0) is 41.4. The summed E-state index contributed by atoms with van der Waals surface area (Å²) < 4.78 is 17.2. The molecule has 56 heavy (non-hydrogen) atoms. The summed E-state index contributed by atoms with van der Waals surface area (Å²) >= 11 is 0. The number of unbranched alkanes of at least 4 members (excludes halogenated alkanes) is 15. The molecule has 2 unspecified atom stereocenters. The Kier molecular flexibility index (Phi) is 36.4. The van der Waals surface area contributed by atoms with E-state index in [1.165, 1.54) is 51.4 Å². The lowest BCUT2D eigenvalue weighted by molar-refractivity contribution is -0.887. The minimum absolute atomic E-state index is 0.0463. The van der Waals surface area contributed by atoms with Crippen molar-refractivity contribution in [1.29, 1.82) is 0 Å². The standard InChI is InChI=1S/C48H81NO7/c1-6-8-10-12-14-16-18-20-22-23-25-27-29-31-33-35-37-39-47(51)56-44(42-54-41-40-45(48(52)53)49(3,4)5)43-55-46(50)38-36-34-32-30-28-26-24-21-19-17-15-13-11-9-7-2/h9,11,13-17,19-22,24,44-45H,6-8,10,12,18,23,25-43H2,1-5H3/p+1/b11-9+,15-13+,16-14+,19-17+,22-20+,24-21+. The Bertz CT molecular complexity index is 1140. The van der Waals surface area contributed by atoms with Gasteiger partial charge in [-0.05, 0) is 64.2 Å². The van der Waals surface area contributed by atoms with E-state index in [9.17, 15) is 19.5 Å². The molecule has 0 spiro atoms. The molecule has 0 saturated carbocycles. The highest BCUT2D eigenvalue weighted by atomic mass is 16.6. The van der Waals surface area contributed by atoms with Gasteiger partial charge in [0.25, 0.3) is 0 Å². The first kappa shape index (κ1) is 52.8. The summed E-state index contributed by atoms with van der Waals surface area (Å²) in [5.41, 5.74) is 0. The summed E-state index contributed by atoms with van der Waals surface area (Å²) in [5.74, 6) is -1.52. The van der Waals surface area contributed by atoms with Crippen LogP contribution in [0.5, 0.6) is 0 Å². The average Bonchev–Trinajstić information content (AvgIpc) is 3.15. The molecule has 320 valence electrons. The number of carbonyl (C=O) groups excluding carboxylic acids is 2. The topological polar surface area (TPSA) is 99.1 Å². The number of nitrogens with zero attached hydrogens (tertiary/aromatic N) is 1. The number of aliphatic carboxylic acids is 1. The van der Waals surface area contributed by atoms with E-state index in [1.807, 2.05) is 45.4 Å². The van der Waals surface area contributed by atoms with Crippen LogP contribution in [0.4, 0.5) is 0 Å². The van der Waals surface area contributed by atoms with Gasteiger partial charge in [-0.25, -0.2) is 4.79 Å². The molecule has 0 aliphatic carbocycles. The molecule has 0 aliphatic heterocycles. The lowest BCUT2D eigenvalue weighted by Gasteiger charge is -2.31. The van der Waals surface area contributed by atoms with Crippen molar-refractivity contribution in [2.45, 2.75) is 174 Å². The normalized spacial score (nSPS) is 13.7. The number of carboxylic acid groups (broad SMARTS) is 1. The molecule has 0 heterocycles. The van der Waals surface area contributed by atoms with E-state index in [2.05, 4.69) is 62.5 Å². The van der Waals surface area contributed by atoms with Crippen LogP contribution >= 0.6 is 0 Å². The van der Waals surface area contributed by atoms with E-state index in [4.69, 9.17) is 14.2 Å². The van der Waals surface area contributed by atoms with Gasteiger partial charge in [-0.2, -0.15) is 0 Å². The van der Waals surface area contributed by atoms with Crippen molar-refractivity contribution in [3.8, 4) is 0 Å². The summed E-state index contributed by atoms with van der Waals surface area (Å²) in [5, 5.41) is 9.62. The highest BCUT2D eigenvalue weighted by Gasteiger charge is 2.31. The van der Waals surface area contributed by atoms with E-state index in [-0.39, 0.29) is 36.2 Å². The van der Waals surface area contributed by atoms with Crippen LogP contribution in [0.1, 0.15) is 162 Å². The van der Waals surface area contributed by atoms with Gasteiger partial charge in [0.15, 0.2) is 12.1 Å². The second-order valence-electron chi connectivity index (χ2n) is 15.7. The summed E-state index contributed by atoms with van der Waals surface area (Å²) in [7, 11) is 5.51. The first-order valence-corrected chi connectivity index (χ1v) is 22.0. The molecule has 0 rings (SSSR count). The van der Waals surface area contributed by atoms with Crippen LogP contribution in [0.3, 0.4) is 0 Å². The van der Waals surface area contributed by atoms with Crippen LogP contribution in [0.2, 0.25) is 0 Å². The number of rotatable bonds is 38. The number of quaternary nitrogens is 1. The third-order valence-corrected chi connectivity index (χ3v) is 9.43. The van der Waals surface area contributed by atoms with Crippen LogP contribution in [-0.4, -0.2) is 80.6 Å². The van der Waals surface area contributed by atoms with E-state index in [0.29, 0.717) is 19.3 Å². The lowest BCUT2D eigenvalue weighted by Crippen LogP contribution is -2.50. The molecule has 1 N–H and O–H groups in total. The van der Waals surface area contributed by atoms with Crippen LogP contribution in [0.25, 0.3) is 0 Å². The van der Waals surface area contributed by atoms with Crippen molar-refractivity contribution in [3.63, 3.8) is 0 Å². The molecule has 0 radical (unpaired) electrons. The number of carbonyl (C=O) groups is 3. The molecule has 0 aromatic heterocycles.